The van der Waals surface area contributed by atoms with Gasteiger partial charge in [-0.1, -0.05) is 18.5 Å². The molecule has 0 radical (unpaired) electrons. The van der Waals surface area contributed by atoms with Gasteiger partial charge in [0.1, 0.15) is 6.33 Å². The van der Waals surface area contributed by atoms with Gasteiger partial charge in [0, 0.05) is 31.9 Å². The highest BCUT2D eigenvalue weighted by atomic mass is 35.5. The molecule has 23 heavy (non-hydrogen) atoms. The first-order valence-electron chi connectivity index (χ1n) is 7.61. The standard InChI is InChI=1S/C15H19ClN6O/c1-2-21-5-7-22(8-6-21)13-4-3-11(9-12(13)16)19-15(23)14-17-10-18-20-14/h3-4,9-10H,2,5-8H2,1H3,(H,19,23)(H,17,18,20). The number of hydrogen-bond acceptors (Lipinski definition) is 5. The number of aromatic amines is 1. The zero-order valence-electron chi connectivity index (χ0n) is 12.9. The molecule has 7 nitrogen and oxygen atoms in total. The van der Waals surface area contributed by atoms with Gasteiger partial charge in [-0.15, -0.1) is 0 Å². The molecule has 1 aromatic carbocycles. The Morgan fingerprint density at radius 1 is 1.35 bits per heavy atom. The number of carbonyl (C=O) groups is 1. The van der Waals surface area contributed by atoms with Gasteiger partial charge in [-0.25, -0.2) is 4.98 Å². The van der Waals surface area contributed by atoms with Crippen molar-refractivity contribution < 1.29 is 4.79 Å². The summed E-state index contributed by atoms with van der Waals surface area (Å²) in [5.74, 6) is -0.177. The molecule has 8 heteroatoms. The molecule has 1 aromatic heterocycles. The Bertz CT molecular complexity index is 667. The van der Waals surface area contributed by atoms with Crippen molar-refractivity contribution in [2.45, 2.75) is 6.92 Å². The molecule has 1 fully saturated rings. The molecule has 0 aliphatic carbocycles. The molecule has 2 aromatic rings. The van der Waals surface area contributed by atoms with E-state index in [0.717, 1.165) is 38.4 Å². The van der Waals surface area contributed by atoms with E-state index in [9.17, 15) is 4.79 Å². The van der Waals surface area contributed by atoms with Gasteiger partial charge in [0.2, 0.25) is 5.82 Å². The van der Waals surface area contributed by atoms with Crippen molar-refractivity contribution in [2.75, 3.05) is 42.9 Å². The Morgan fingerprint density at radius 2 is 2.13 bits per heavy atom. The van der Waals surface area contributed by atoms with Gasteiger partial charge in [0.05, 0.1) is 10.7 Å². The summed E-state index contributed by atoms with van der Waals surface area (Å²) in [7, 11) is 0. The highest BCUT2D eigenvalue weighted by Gasteiger charge is 2.18. The van der Waals surface area contributed by atoms with Gasteiger partial charge in [-0.2, -0.15) is 5.10 Å². The molecule has 1 aliphatic rings. The molecule has 122 valence electrons. The molecular formula is C15H19ClN6O. The van der Waals surface area contributed by atoms with Crippen LogP contribution < -0.4 is 10.2 Å². The predicted octanol–water partition coefficient (Wildman–Crippen LogP) is 1.85. The lowest BCUT2D eigenvalue weighted by Crippen LogP contribution is -2.46. The number of rotatable bonds is 4. The number of likely N-dealkylation sites (N-methyl/N-ethyl adjacent to an activating group) is 1. The second-order valence-electron chi connectivity index (χ2n) is 5.38. The summed E-state index contributed by atoms with van der Waals surface area (Å²) in [6.07, 6.45) is 1.29. The van der Waals surface area contributed by atoms with Crippen molar-refractivity contribution in [2.24, 2.45) is 0 Å². The van der Waals surface area contributed by atoms with Crippen LogP contribution in [0.5, 0.6) is 0 Å². The molecule has 2 N–H and O–H groups in total. The molecule has 0 bridgehead atoms. The molecule has 0 saturated carbocycles. The van der Waals surface area contributed by atoms with Crippen LogP contribution in [0.3, 0.4) is 0 Å². The lowest BCUT2D eigenvalue weighted by Gasteiger charge is -2.36. The molecule has 1 aliphatic heterocycles. The fourth-order valence-corrected chi connectivity index (χ4v) is 2.95. The third kappa shape index (κ3) is 3.62. The van der Waals surface area contributed by atoms with Gasteiger partial charge in [-0.3, -0.25) is 9.89 Å². The Labute approximate surface area is 139 Å². The average Bonchev–Trinajstić information content (AvgIpc) is 3.10. The number of amides is 1. The van der Waals surface area contributed by atoms with Gasteiger partial charge < -0.3 is 15.1 Å². The van der Waals surface area contributed by atoms with Crippen molar-refractivity contribution in [3.8, 4) is 0 Å². The number of benzene rings is 1. The number of carbonyl (C=O) groups excluding carboxylic acids is 1. The first kappa shape index (κ1) is 15.8. The quantitative estimate of drug-likeness (QED) is 0.892. The number of piperazine rings is 1. The number of anilines is 2. The minimum Gasteiger partial charge on any atom is -0.368 e. The maximum atomic E-state index is 11.9. The van der Waals surface area contributed by atoms with Crippen molar-refractivity contribution in [1.82, 2.24) is 20.1 Å². The lowest BCUT2D eigenvalue weighted by atomic mass is 10.2. The van der Waals surface area contributed by atoms with E-state index in [-0.39, 0.29) is 11.7 Å². The van der Waals surface area contributed by atoms with Crippen LogP contribution in [0, 0.1) is 0 Å². The topological polar surface area (TPSA) is 77.2 Å². The van der Waals surface area contributed by atoms with Crippen LogP contribution in [-0.4, -0.2) is 58.7 Å². The average molecular weight is 335 g/mol. The SMILES string of the molecule is CCN1CCN(c2ccc(NC(=O)c3ncn[nH]3)cc2Cl)CC1. The van der Waals surface area contributed by atoms with Crippen LogP contribution in [0.1, 0.15) is 17.5 Å². The highest BCUT2D eigenvalue weighted by molar-refractivity contribution is 6.33. The van der Waals surface area contributed by atoms with Crippen molar-refractivity contribution in [3.63, 3.8) is 0 Å². The Balaban J connectivity index is 1.67. The fraction of sp³-hybridized carbons (Fsp3) is 0.400. The molecule has 0 atom stereocenters. The van der Waals surface area contributed by atoms with Crippen molar-refractivity contribution in [1.29, 1.82) is 0 Å². The Kier molecular flexibility index (Phi) is 4.78. The van der Waals surface area contributed by atoms with Crippen LogP contribution in [0.15, 0.2) is 24.5 Å². The van der Waals surface area contributed by atoms with Gasteiger partial charge in [-0.05, 0) is 24.7 Å². The second-order valence-corrected chi connectivity index (χ2v) is 5.78. The van der Waals surface area contributed by atoms with E-state index in [2.05, 4.69) is 37.2 Å². The smallest absolute Gasteiger partial charge is 0.292 e. The number of halogens is 1. The molecule has 0 unspecified atom stereocenters. The monoisotopic (exact) mass is 334 g/mol. The van der Waals surface area contributed by atoms with Gasteiger partial charge in [0.15, 0.2) is 0 Å². The number of hydrogen-bond donors (Lipinski definition) is 2. The van der Waals surface area contributed by atoms with E-state index in [4.69, 9.17) is 11.6 Å². The van der Waals surface area contributed by atoms with Crippen LogP contribution in [-0.2, 0) is 0 Å². The molecular weight excluding hydrogens is 316 g/mol. The minimum atomic E-state index is -0.345. The molecule has 1 saturated heterocycles. The lowest BCUT2D eigenvalue weighted by molar-refractivity contribution is 0.101. The molecule has 1 amide bonds. The van der Waals surface area contributed by atoms with Crippen LogP contribution >= 0.6 is 11.6 Å². The largest absolute Gasteiger partial charge is 0.368 e. The van der Waals surface area contributed by atoms with E-state index in [1.807, 2.05) is 12.1 Å². The molecule has 3 rings (SSSR count). The van der Waals surface area contributed by atoms with Gasteiger partial charge >= 0.3 is 0 Å². The maximum absolute atomic E-state index is 11.9. The van der Waals surface area contributed by atoms with E-state index in [1.54, 1.807) is 6.07 Å². The summed E-state index contributed by atoms with van der Waals surface area (Å²) in [4.78, 5) is 20.4. The van der Waals surface area contributed by atoms with E-state index in [0.29, 0.717) is 10.7 Å². The first-order chi connectivity index (χ1) is 11.2. The normalized spacial score (nSPS) is 15.7. The maximum Gasteiger partial charge on any atom is 0.292 e. The van der Waals surface area contributed by atoms with E-state index in [1.165, 1.54) is 6.33 Å². The highest BCUT2D eigenvalue weighted by Crippen LogP contribution is 2.29. The number of aromatic nitrogens is 3. The molecule has 2 heterocycles. The van der Waals surface area contributed by atoms with Crippen LogP contribution in [0.25, 0.3) is 0 Å². The zero-order valence-corrected chi connectivity index (χ0v) is 13.7. The minimum absolute atomic E-state index is 0.167. The van der Waals surface area contributed by atoms with E-state index < -0.39 is 0 Å². The van der Waals surface area contributed by atoms with Crippen LogP contribution in [0.2, 0.25) is 5.02 Å². The number of nitrogens with zero attached hydrogens (tertiary/aromatic N) is 4. The number of nitrogens with one attached hydrogen (secondary N) is 2. The summed E-state index contributed by atoms with van der Waals surface area (Å²) in [6, 6.07) is 5.55. The first-order valence-corrected chi connectivity index (χ1v) is 7.98. The van der Waals surface area contributed by atoms with Crippen LogP contribution in [0.4, 0.5) is 11.4 Å². The predicted molar refractivity (Wildman–Crippen MR) is 90.1 cm³/mol. The summed E-state index contributed by atoms with van der Waals surface area (Å²) in [5.41, 5.74) is 1.63. The zero-order chi connectivity index (χ0) is 16.2. The summed E-state index contributed by atoms with van der Waals surface area (Å²) in [5, 5.41) is 9.56. The third-order valence-electron chi connectivity index (χ3n) is 4.00. The summed E-state index contributed by atoms with van der Waals surface area (Å²) >= 11 is 6.40. The molecule has 0 spiro atoms. The fourth-order valence-electron chi connectivity index (χ4n) is 2.65. The Hall–Kier alpha value is -2.12. The van der Waals surface area contributed by atoms with E-state index >= 15 is 0 Å². The summed E-state index contributed by atoms with van der Waals surface area (Å²) < 4.78 is 0. The van der Waals surface area contributed by atoms with Gasteiger partial charge in [0.25, 0.3) is 5.91 Å². The Morgan fingerprint density at radius 3 is 2.74 bits per heavy atom. The number of H-pyrrole nitrogens is 1. The van der Waals surface area contributed by atoms with Crippen molar-refractivity contribution in [3.05, 3.63) is 35.4 Å². The van der Waals surface area contributed by atoms with Crippen molar-refractivity contribution >= 4 is 28.9 Å². The second kappa shape index (κ2) is 6.97. The summed E-state index contributed by atoms with van der Waals surface area (Å²) in [6.45, 7) is 7.24. The third-order valence-corrected chi connectivity index (χ3v) is 4.30.